The van der Waals surface area contributed by atoms with Gasteiger partial charge in [-0.05, 0) is 24.7 Å². The van der Waals surface area contributed by atoms with Crippen molar-refractivity contribution in [3.05, 3.63) is 12.7 Å². The van der Waals surface area contributed by atoms with E-state index in [2.05, 4.69) is 6.58 Å². The Morgan fingerprint density at radius 3 is 2.00 bits per heavy atom. The highest BCUT2D eigenvalue weighted by molar-refractivity contribution is 4.62. The molecular formula is C8H18NO2+. The van der Waals surface area contributed by atoms with Gasteiger partial charge in [0.25, 0.3) is 0 Å². The lowest BCUT2D eigenvalue weighted by molar-refractivity contribution is -1.23. The summed E-state index contributed by atoms with van der Waals surface area (Å²) in [7, 11) is 1.87. The SMILES string of the molecule is C=CC[N+](C)(OCC)OCC. The minimum atomic E-state index is 0.163. The molecule has 0 spiro atoms. The van der Waals surface area contributed by atoms with Gasteiger partial charge < -0.3 is 0 Å². The third-order valence-corrected chi connectivity index (χ3v) is 1.27. The normalized spacial score (nSPS) is 11.5. The highest BCUT2D eigenvalue weighted by Gasteiger charge is 2.21. The van der Waals surface area contributed by atoms with E-state index in [9.17, 15) is 0 Å². The van der Waals surface area contributed by atoms with Gasteiger partial charge in [0.15, 0.2) is 6.54 Å². The third kappa shape index (κ3) is 4.14. The van der Waals surface area contributed by atoms with Crippen molar-refractivity contribution in [1.29, 1.82) is 0 Å². The molecule has 0 rings (SSSR count). The predicted molar refractivity (Wildman–Crippen MR) is 44.5 cm³/mol. The summed E-state index contributed by atoms with van der Waals surface area (Å²) in [6.07, 6.45) is 1.78. The van der Waals surface area contributed by atoms with Gasteiger partial charge in [0.2, 0.25) is 0 Å². The van der Waals surface area contributed by atoms with Crippen molar-refractivity contribution in [2.75, 3.05) is 26.8 Å². The van der Waals surface area contributed by atoms with Crippen molar-refractivity contribution in [3.63, 3.8) is 0 Å². The van der Waals surface area contributed by atoms with Gasteiger partial charge in [-0.25, -0.2) is 0 Å². The van der Waals surface area contributed by atoms with E-state index in [4.69, 9.17) is 9.68 Å². The van der Waals surface area contributed by atoms with Crippen molar-refractivity contribution in [2.45, 2.75) is 13.8 Å². The van der Waals surface area contributed by atoms with Gasteiger partial charge >= 0.3 is 0 Å². The van der Waals surface area contributed by atoms with Crippen LogP contribution in [0.5, 0.6) is 0 Å². The van der Waals surface area contributed by atoms with Crippen molar-refractivity contribution in [3.8, 4) is 0 Å². The van der Waals surface area contributed by atoms with Gasteiger partial charge in [-0.3, -0.25) is 0 Å². The molecule has 0 aromatic heterocycles. The Kier molecular flexibility index (Phi) is 5.11. The van der Waals surface area contributed by atoms with Gasteiger partial charge in [-0.15, -0.1) is 0 Å². The number of hydrogen-bond acceptors (Lipinski definition) is 2. The molecule has 0 aliphatic heterocycles. The van der Waals surface area contributed by atoms with Crippen LogP contribution < -0.4 is 0 Å². The average molecular weight is 160 g/mol. The first-order valence-corrected chi connectivity index (χ1v) is 3.94. The Balaban J connectivity index is 3.88. The second-order valence-corrected chi connectivity index (χ2v) is 2.32. The summed E-state index contributed by atoms with van der Waals surface area (Å²) in [5, 5.41) is 0. The number of hydroxylamine groups is 4. The van der Waals surface area contributed by atoms with Gasteiger partial charge in [-0.2, -0.15) is 9.68 Å². The Morgan fingerprint density at radius 2 is 1.73 bits per heavy atom. The molecule has 0 aromatic carbocycles. The van der Waals surface area contributed by atoms with Crippen LogP contribution in [0.4, 0.5) is 0 Å². The maximum atomic E-state index is 5.35. The molecule has 11 heavy (non-hydrogen) atoms. The van der Waals surface area contributed by atoms with Crippen molar-refractivity contribution < 1.29 is 14.5 Å². The molecule has 66 valence electrons. The first kappa shape index (κ1) is 10.6. The fourth-order valence-corrected chi connectivity index (χ4v) is 0.923. The lowest BCUT2D eigenvalue weighted by atomic mass is 10.6. The summed E-state index contributed by atoms with van der Waals surface area (Å²) in [5.41, 5.74) is 0. The molecule has 0 fully saturated rings. The average Bonchev–Trinajstić information content (AvgIpc) is 1.88. The molecule has 0 unspecified atom stereocenters. The second-order valence-electron chi connectivity index (χ2n) is 2.32. The van der Waals surface area contributed by atoms with Crippen LogP contribution in [0.15, 0.2) is 12.7 Å². The molecule has 0 heterocycles. The van der Waals surface area contributed by atoms with Crippen LogP contribution in [-0.2, 0) is 9.68 Å². The van der Waals surface area contributed by atoms with Crippen LogP contribution in [0.3, 0.4) is 0 Å². The Morgan fingerprint density at radius 1 is 1.27 bits per heavy atom. The number of quaternary nitrogens is 1. The number of rotatable bonds is 6. The lowest BCUT2D eigenvalue weighted by Crippen LogP contribution is -2.43. The predicted octanol–water partition coefficient (Wildman–Crippen LogP) is 1.52. The molecule has 0 aromatic rings. The Labute approximate surface area is 68.7 Å². The standard InChI is InChI=1S/C8H18NO2/c1-5-8-9(4,10-6-2)11-7-3/h5H,1,6-8H2,2-4H3/q+1. The Hall–Kier alpha value is -0.380. The van der Waals surface area contributed by atoms with Gasteiger partial charge in [0, 0.05) is 0 Å². The zero-order valence-corrected chi connectivity index (χ0v) is 7.67. The fraction of sp³-hybridized carbons (Fsp3) is 0.750. The number of nitrogens with zero attached hydrogens (tertiary/aromatic N) is 1. The van der Waals surface area contributed by atoms with Crippen molar-refractivity contribution >= 4 is 0 Å². The second kappa shape index (κ2) is 5.29. The Bertz CT molecular complexity index is 109. The molecule has 0 bridgehead atoms. The molecule has 0 saturated heterocycles. The van der Waals surface area contributed by atoms with Crippen LogP contribution in [0, 0.1) is 0 Å². The smallest absolute Gasteiger partial charge is 0.160 e. The van der Waals surface area contributed by atoms with Crippen LogP contribution >= 0.6 is 0 Å². The molecular weight excluding hydrogens is 142 g/mol. The monoisotopic (exact) mass is 160 g/mol. The maximum Gasteiger partial charge on any atom is 0.160 e. The molecule has 0 amide bonds. The molecule has 0 atom stereocenters. The fourth-order valence-electron chi connectivity index (χ4n) is 0.923. The van der Waals surface area contributed by atoms with E-state index >= 15 is 0 Å². The van der Waals surface area contributed by atoms with Crippen LogP contribution in [0.25, 0.3) is 0 Å². The zero-order valence-electron chi connectivity index (χ0n) is 7.67. The van der Waals surface area contributed by atoms with E-state index in [0.717, 1.165) is 0 Å². The van der Waals surface area contributed by atoms with Gasteiger partial charge in [-0.1, -0.05) is 6.58 Å². The summed E-state index contributed by atoms with van der Waals surface area (Å²) in [5.74, 6) is 0. The molecule has 0 aliphatic rings. The first-order chi connectivity index (χ1) is 5.18. The highest BCUT2D eigenvalue weighted by Crippen LogP contribution is 2.04. The molecule has 3 heteroatoms. The topological polar surface area (TPSA) is 18.5 Å². The van der Waals surface area contributed by atoms with E-state index in [1.165, 1.54) is 0 Å². The maximum absolute atomic E-state index is 5.35. The molecule has 0 aliphatic carbocycles. The quantitative estimate of drug-likeness (QED) is 0.333. The molecule has 3 nitrogen and oxygen atoms in total. The number of likely N-dealkylation sites (N-methyl/N-ethyl adjacent to an activating group) is 1. The summed E-state index contributed by atoms with van der Waals surface area (Å²) >= 11 is 0. The van der Waals surface area contributed by atoms with E-state index in [1.807, 2.05) is 20.9 Å². The summed E-state index contributed by atoms with van der Waals surface area (Å²) in [6.45, 7) is 9.48. The van der Waals surface area contributed by atoms with Crippen molar-refractivity contribution in [1.82, 2.24) is 0 Å². The zero-order chi connectivity index (χ0) is 8.74. The minimum Gasteiger partial charge on any atom is -0.168 e. The van der Waals surface area contributed by atoms with E-state index < -0.39 is 0 Å². The van der Waals surface area contributed by atoms with Gasteiger partial charge in [0.05, 0.1) is 0 Å². The minimum absolute atomic E-state index is 0.163. The van der Waals surface area contributed by atoms with Crippen LogP contribution in [0.2, 0.25) is 0 Å². The molecule has 0 radical (unpaired) electrons. The summed E-state index contributed by atoms with van der Waals surface area (Å²) in [4.78, 5) is 10.9. The number of hydrogen-bond donors (Lipinski definition) is 0. The largest absolute Gasteiger partial charge is 0.168 e. The molecule has 0 N–H and O–H groups in total. The van der Waals surface area contributed by atoms with E-state index in [1.54, 1.807) is 6.08 Å². The summed E-state index contributed by atoms with van der Waals surface area (Å²) in [6, 6.07) is 0. The van der Waals surface area contributed by atoms with E-state index in [0.29, 0.717) is 19.8 Å². The first-order valence-electron chi connectivity index (χ1n) is 3.94. The van der Waals surface area contributed by atoms with Crippen molar-refractivity contribution in [2.24, 2.45) is 0 Å². The van der Waals surface area contributed by atoms with Gasteiger partial charge in [0.1, 0.15) is 20.3 Å². The van der Waals surface area contributed by atoms with E-state index in [-0.39, 0.29) is 4.81 Å². The van der Waals surface area contributed by atoms with Crippen LogP contribution in [-0.4, -0.2) is 31.6 Å². The third-order valence-electron chi connectivity index (χ3n) is 1.27. The lowest BCUT2D eigenvalue weighted by Gasteiger charge is -2.26. The van der Waals surface area contributed by atoms with Crippen LogP contribution in [0.1, 0.15) is 13.8 Å². The highest BCUT2D eigenvalue weighted by atomic mass is 17.0. The molecule has 0 saturated carbocycles. The summed E-state index contributed by atoms with van der Waals surface area (Å²) < 4.78 is 0.